The molecule has 8 nitrogen and oxygen atoms in total. The van der Waals surface area contributed by atoms with Crippen molar-refractivity contribution in [2.45, 2.75) is 29.8 Å². The van der Waals surface area contributed by atoms with Crippen molar-refractivity contribution in [1.29, 1.82) is 0 Å². The van der Waals surface area contributed by atoms with Crippen LogP contribution in [0, 0.1) is 0 Å². The van der Waals surface area contributed by atoms with Gasteiger partial charge in [-0.1, -0.05) is 65.3 Å². The molecule has 2 aromatic heterocycles. The molecule has 5 rings (SSSR count). The minimum atomic E-state index is -3.99. The van der Waals surface area contributed by atoms with E-state index in [1.807, 2.05) is 6.07 Å². The predicted octanol–water partition coefficient (Wildman–Crippen LogP) is 3.74. The Balaban J connectivity index is 1.63. The molecule has 1 aliphatic heterocycles. The van der Waals surface area contributed by atoms with Crippen molar-refractivity contribution in [2.24, 2.45) is 0 Å². The van der Waals surface area contributed by atoms with Gasteiger partial charge in [0.2, 0.25) is 9.84 Å². The smallest absolute Gasteiger partial charge is 0.266 e. The van der Waals surface area contributed by atoms with Crippen molar-refractivity contribution in [3.05, 3.63) is 70.7 Å². The molecular weight excluding hydrogens is 486 g/mol. The summed E-state index contributed by atoms with van der Waals surface area (Å²) in [6.07, 6.45) is -0.363. The van der Waals surface area contributed by atoms with Gasteiger partial charge >= 0.3 is 0 Å². The van der Waals surface area contributed by atoms with Gasteiger partial charge in [0.1, 0.15) is 0 Å². The van der Waals surface area contributed by atoms with Crippen LogP contribution in [0.15, 0.2) is 59.8 Å². The molecule has 1 saturated heterocycles. The minimum absolute atomic E-state index is 0.00859. The first-order valence-electron chi connectivity index (χ1n) is 10.5. The van der Waals surface area contributed by atoms with Crippen LogP contribution in [0.5, 0.6) is 0 Å². The molecule has 0 radical (unpaired) electrons. The third-order valence-electron chi connectivity index (χ3n) is 5.55. The van der Waals surface area contributed by atoms with Crippen LogP contribution in [-0.4, -0.2) is 52.4 Å². The van der Waals surface area contributed by atoms with Crippen LogP contribution in [0.1, 0.15) is 17.5 Å². The summed E-state index contributed by atoms with van der Waals surface area (Å²) in [5.41, 5.74) is 1.57. The molecular formula is C22H19ClF2N6O2S. The number of alkyl halides is 2. The van der Waals surface area contributed by atoms with E-state index in [1.54, 1.807) is 48.5 Å². The molecule has 0 N–H and O–H groups in total. The predicted molar refractivity (Wildman–Crippen MR) is 123 cm³/mol. The number of anilines is 1. The van der Waals surface area contributed by atoms with Crippen molar-refractivity contribution < 1.29 is 17.2 Å². The Labute approximate surface area is 199 Å². The summed E-state index contributed by atoms with van der Waals surface area (Å²) in [5, 5.41) is 8.25. The molecule has 0 aliphatic carbocycles. The standard InChI is InChI=1S/C22H19ClF2N6O2S/c23-17-9-5-4-8-16(17)12-31-20-18(28-29-31)19(30-11-10-22(24,25)14-30)26-21(27-20)34(32,33)13-15-6-2-1-3-7-15/h1-9H,10-14H2. The van der Waals surface area contributed by atoms with Crippen LogP contribution >= 0.6 is 11.6 Å². The fourth-order valence-corrected chi connectivity index (χ4v) is 5.26. The summed E-state index contributed by atoms with van der Waals surface area (Å²) >= 11 is 6.27. The van der Waals surface area contributed by atoms with Crippen LogP contribution < -0.4 is 4.90 Å². The molecule has 0 unspecified atom stereocenters. The first-order chi connectivity index (χ1) is 16.2. The zero-order valence-corrected chi connectivity index (χ0v) is 19.3. The average molecular weight is 505 g/mol. The lowest BCUT2D eigenvalue weighted by molar-refractivity contribution is 0.0257. The second-order valence-corrected chi connectivity index (χ2v) is 10.4. The van der Waals surface area contributed by atoms with Crippen LogP contribution in [-0.2, 0) is 22.1 Å². The van der Waals surface area contributed by atoms with E-state index in [4.69, 9.17) is 11.6 Å². The third-order valence-corrected chi connectivity index (χ3v) is 7.37. The van der Waals surface area contributed by atoms with E-state index in [0.717, 1.165) is 5.56 Å². The molecule has 0 spiro atoms. The van der Waals surface area contributed by atoms with Crippen molar-refractivity contribution in [2.75, 3.05) is 18.0 Å². The molecule has 1 fully saturated rings. The zero-order valence-electron chi connectivity index (χ0n) is 17.8. The second kappa shape index (κ2) is 8.55. The van der Waals surface area contributed by atoms with E-state index in [9.17, 15) is 17.2 Å². The number of aromatic nitrogens is 5. The normalized spacial score (nSPS) is 15.8. The minimum Gasteiger partial charge on any atom is -0.348 e. The summed E-state index contributed by atoms with van der Waals surface area (Å²) < 4.78 is 55.8. The maximum Gasteiger partial charge on any atom is 0.266 e. The highest BCUT2D eigenvalue weighted by molar-refractivity contribution is 7.90. The van der Waals surface area contributed by atoms with E-state index in [1.165, 1.54) is 9.58 Å². The molecule has 0 atom stereocenters. The zero-order chi connectivity index (χ0) is 23.9. The lowest BCUT2D eigenvalue weighted by Crippen LogP contribution is -2.26. The third kappa shape index (κ3) is 4.45. The van der Waals surface area contributed by atoms with E-state index in [0.29, 0.717) is 10.6 Å². The maximum atomic E-state index is 14.0. The Bertz CT molecular complexity index is 1460. The topological polar surface area (TPSA) is 93.9 Å². The number of benzene rings is 2. The Hall–Kier alpha value is -3.18. The number of fused-ring (bicyclic) bond motifs is 1. The van der Waals surface area contributed by atoms with E-state index in [-0.39, 0.29) is 42.2 Å². The number of hydrogen-bond acceptors (Lipinski definition) is 7. The number of halogens is 3. The highest BCUT2D eigenvalue weighted by atomic mass is 35.5. The van der Waals surface area contributed by atoms with Gasteiger partial charge in [-0.3, -0.25) is 0 Å². The van der Waals surface area contributed by atoms with Gasteiger partial charge in [0, 0.05) is 18.0 Å². The SMILES string of the molecule is O=S(=O)(Cc1ccccc1)c1nc(N2CCC(F)(F)C2)c2nnn(Cc3ccccc3Cl)c2n1. The fourth-order valence-electron chi connectivity index (χ4n) is 3.85. The molecule has 4 aromatic rings. The number of nitrogens with zero attached hydrogens (tertiary/aromatic N) is 6. The molecule has 0 saturated carbocycles. The number of rotatable bonds is 6. The summed E-state index contributed by atoms with van der Waals surface area (Å²) in [5.74, 6) is -3.21. The Morgan fingerprint density at radius 2 is 1.76 bits per heavy atom. The van der Waals surface area contributed by atoms with Gasteiger partial charge in [-0.05, 0) is 17.2 Å². The summed E-state index contributed by atoms with van der Waals surface area (Å²) in [6, 6.07) is 15.7. The van der Waals surface area contributed by atoms with Gasteiger partial charge in [0.25, 0.3) is 11.1 Å². The van der Waals surface area contributed by atoms with Crippen LogP contribution in [0.2, 0.25) is 5.02 Å². The fraction of sp³-hybridized carbons (Fsp3) is 0.273. The molecule has 2 aromatic carbocycles. The summed E-state index contributed by atoms with van der Waals surface area (Å²) in [7, 11) is -3.99. The lowest BCUT2D eigenvalue weighted by atomic mass is 10.2. The molecule has 176 valence electrons. The van der Waals surface area contributed by atoms with Crippen molar-refractivity contribution >= 4 is 38.4 Å². The first-order valence-corrected chi connectivity index (χ1v) is 12.5. The van der Waals surface area contributed by atoms with Gasteiger partial charge < -0.3 is 4.90 Å². The molecule has 0 bridgehead atoms. The average Bonchev–Trinajstić information content (AvgIpc) is 3.38. The molecule has 12 heteroatoms. The molecule has 3 heterocycles. The van der Waals surface area contributed by atoms with Gasteiger partial charge in [-0.15, -0.1) is 5.10 Å². The highest BCUT2D eigenvalue weighted by Gasteiger charge is 2.40. The van der Waals surface area contributed by atoms with Crippen LogP contribution in [0.4, 0.5) is 14.6 Å². The largest absolute Gasteiger partial charge is 0.348 e. The van der Waals surface area contributed by atoms with E-state index in [2.05, 4.69) is 20.3 Å². The molecule has 34 heavy (non-hydrogen) atoms. The Morgan fingerprint density at radius 1 is 1.03 bits per heavy atom. The number of sulfone groups is 1. The van der Waals surface area contributed by atoms with Crippen molar-refractivity contribution in [1.82, 2.24) is 25.0 Å². The first kappa shape index (κ1) is 22.6. The number of hydrogen-bond donors (Lipinski definition) is 0. The van der Waals surface area contributed by atoms with Crippen LogP contribution in [0.3, 0.4) is 0 Å². The Morgan fingerprint density at radius 3 is 2.47 bits per heavy atom. The molecule has 1 aliphatic rings. The quantitative estimate of drug-likeness (QED) is 0.369. The van der Waals surface area contributed by atoms with E-state index < -0.39 is 27.5 Å². The summed E-state index contributed by atoms with van der Waals surface area (Å²) in [6.45, 7) is -0.412. The highest BCUT2D eigenvalue weighted by Crippen LogP contribution is 2.33. The van der Waals surface area contributed by atoms with Crippen LogP contribution in [0.25, 0.3) is 11.2 Å². The maximum absolute atomic E-state index is 14.0. The Kier molecular flexibility index (Phi) is 5.68. The van der Waals surface area contributed by atoms with Crippen molar-refractivity contribution in [3.8, 4) is 0 Å². The second-order valence-electron chi connectivity index (χ2n) is 8.11. The van der Waals surface area contributed by atoms with Gasteiger partial charge in [0.15, 0.2) is 17.0 Å². The van der Waals surface area contributed by atoms with Gasteiger partial charge in [-0.2, -0.15) is 9.97 Å². The lowest BCUT2D eigenvalue weighted by Gasteiger charge is -2.18. The van der Waals surface area contributed by atoms with Gasteiger partial charge in [-0.25, -0.2) is 21.9 Å². The monoisotopic (exact) mass is 504 g/mol. The summed E-state index contributed by atoms with van der Waals surface area (Å²) in [4.78, 5) is 9.82. The molecule has 0 amide bonds. The van der Waals surface area contributed by atoms with Crippen molar-refractivity contribution in [3.63, 3.8) is 0 Å². The van der Waals surface area contributed by atoms with E-state index >= 15 is 0 Å². The van der Waals surface area contributed by atoms with Gasteiger partial charge in [0.05, 0.1) is 18.8 Å².